The van der Waals surface area contributed by atoms with E-state index in [-0.39, 0.29) is 0 Å². The van der Waals surface area contributed by atoms with E-state index in [0.29, 0.717) is 0 Å². The molecule has 0 spiro atoms. The van der Waals surface area contributed by atoms with Gasteiger partial charge in [0.2, 0.25) is 0 Å². The normalized spacial score (nSPS) is 9.12. The number of anilines is 1. The van der Waals surface area contributed by atoms with Crippen molar-refractivity contribution in [1.29, 1.82) is 0 Å². The SMILES string of the molecule is CCNc1cscn1. The summed E-state index contributed by atoms with van der Waals surface area (Å²) < 4.78 is 0. The van der Waals surface area contributed by atoms with E-state index >= 15 is 0 Å². The molecular formula is C5H8N2S. The van der Waals surface area contributed by atoms with Crippen LogP contribution in [0.4, 0.5) is 5.82 Å². The van der Waals surface area contributed by atoms with Crippen molar-refractivity contribution < 1.29 is 0 Å². The molecule has 1 N–H and O–H groups in total. The first-order valence-electron chi connectivity index (χ1n) is 2.55. The van der Waals surface area contributed by atoms with Crippen molar-refractivity contribution in [3.63, 3.8) is 0 Å². The first-order valence-corrected chi connectivity index (χ1v) is 3.50. The van der Waals surface area contributed by atoms with Gasteiger partial charge in [-0.05, 0) is 6.92 Å². The van der Waals surface area contributed by atoms with E-state index in [2.05, 4.69) is 17.2 Å². The fraction of sp³-hybridized carbons (Fsp3) is 0.400. The molecule has 2 nitrogen and oxygen atoms in total. The highest BCUT2D eigenvalue weighted by Gasteiger charge is 1.85. The molecular weight excluding hydrogens is 120 g/mol. The summed E-state index contributed by atoms with van der Waals surface area (Å²) in [5.41, 5.74) is 1.82. The molecule has 0 aliphatic carbocycles. The maximum atomic E-state index is 4.01. The van der Waals surface area contributed by atoms with Crippen LogP contribution in [0.25, 0.3) is 0 Å². The van der Waals surface area contributed by atoms with Crippen LogP contribution in [0.3, 0.4) is 0 Å². The Kier molecular flexibility index (Phi) is 1.86. The van der Waals surface area contributed by atoms with Crippen LogP contribution in [-0.4, -0.2) is 11.5 Å². The van der Waals surface area contributed by atoms with Crippen LogP contribution in [0.15, 0.2) is 10.9 Å². The first-order chi connectivity index (χ1) is 3.93. The molecule has 0 unspecified atom stereocenters. The Bertz CT molecular complexity index is 136. The Labute approximate surface area is 52.6 Å². The van der Waals surface area contributed by atoms with Gasteiger partial charge in [-0.1, -0.05) is 0 Å². The van der Waals surface area contributed by atoms with Crippen LogP contribution in [0.5, 0.6) is 0 Å². The van der Waals surface area contributed by atoms with E-state index in [1.54, 1.807) is 11.3 Å². The van der Waals surface area contributed by atoms with Gasteiger partial charge in [0.25, 0.3) is 0 Å². The molecule has 0 saturated heterocycles. The topological polar surface area (TPSA) is 24.9 Å². The molecule has 0 amide bonds. The number of rotatable bonds is 2. The molecule has 3 heteroatoms. The Morgan fingerprint density at radius 3 is 3.25 bits per heavy atom. The van der Waals surface area contributed by atoms with Gasteiger partial charge < -0.3 is 5.32 Å². The Balaban J connectivity index is 2.50. The molecule has 0 saturated carbocycles. The van der Waals surface area contributed by atoms with E-state index in [9.17, 15) is 0 Å². The zero-order valence-electron chi connectivity index (χ0n) is 4.72. The summed E-state index contributed by atoms with van der Waals surface area (Å²) in [4.78, 5) is 4.01. The van der Waals surface area contributed by atoms with Crippen LogP contribution in [-0.2, 0) is 0 Å². The summed E-state index contributed by atoms with van der Waals surface area (Å²) in [7, 11) is 0. The fourth-order valence-corrected chi connectivity index (χ4v) is 0.989. The van der Waals surface area contributed by atoms with Crippen LogP contribution in [0, 0.1) is 0 Å². The summed E-state index contributed by atoms with van der Waals surface area (Å²) >= 11 is 1.61. The van der Waals surface area contributed by atoms with Crippen molar-refractivity contribution in [2.24, 2.45) is 0 Å². The Morgan fingerprint density at radius 2 is 2.75 bits per heavy atom. The molecule has 1 aromatic heterocycles. The second kappa shape index (κ2) is 2.67. The lowest BCUT2D eigenvalue weighted by atomic mass is 10.7. The molecule has 0 aliphatic rings. The summed E-state index contributed by atoms with van der Waals surface area (Å²) in [5.74, 6) is 0.984. The predicted octanol–water partition coefficient (Wildman–Crippen LogP) is 1.57. The van der Waals surface area contributed by atoms with Gasteiger partial charge in [0.15, 0.2) is 0 Å². The average Bonchev–Trinajstić information content (AvgIpc) is 2.19. The zero-order valence-corrected chi connectivity index (χ0v) is 5.53. The lowest BCUT2D eigenvalue weighted by Gasteiger charge is -1.92. The molecule has 0 aliphatic heterocycles. The van der Waals surface area contributed by atoms with E-state index in [0.717, 1.165) is 12.4 Å². The lowest BCUT2D eigenvalue weighted by Crippen LogP contribution is -1.94. The smallest absolute Gasteiger partial charge is 0.136 e. The number of aromatic nitrogens is 1. The van der Waals surface area contributed by atoms with Gasteiger partial charge in [0.05, 0.1) is 5.51 Å². The first kappa shape index (κ1) is 5.56. The summed E-state index contributed by atoms with van der Waals surface area (Å²) in [5, 5.41) is 5.08. The van der Waals surface area contributed by atoms with Crippen molar-refractivity contribution in [1.82, 2.24) is 4.98 Å². The molecule has 0 fully saturated rings. The average molecular weight is 128 g/mol. The fourth-order valence-electron chi connectivity index (χ4n) is 0.481. The molecule has 0 aromatic carbocycles. The molecule has 44 valence electrons. The second-order valence-electron chi connectivity index (χ2n) is 1.40. The minimum Gasteiger partial charge on any atom is -0.370 e. The highest BCUT2D eigenvalue weighted by molar-refractivity contribution is 7.07. The van der Waals surface area contributed by atoms with Gasteiger partial charge in [-0.15, -0.1) is 11.3 Å². The third kappa shape index (κ3) is 1.20. The molecule has 0 bridgehead atoms. The van der Waals surface area contributed by atoms with Crippen LogP contribution < -0.4 is 5.32 Å². The standard InChI is InChI=1S/C5H8N2S/c1-2-6-5-3-8-4-7-5/h3-4,6H,2H2,1H3. The number of thiazole rings is 1. The van der Waals surface area contributed by atoms with Crippen molar-refractivity contribution in [3.05, 3.63) is 10.9 Å². The predicted molar refractivity (Wildman–Crippen MR) is 36.3 cm³/mol. The van der Waals surface area contributed by atoms with Crippen LogP contribution in [0.2, 0.25) is 0 Å². The third-order valence-corrected chi connectivity index (χ3v) is 1.38. The van der Waals surface area contributed by atoms with Gasteiger partial charge in [0.1, 0.15) is 5.82 Å². The lowest BCUT2D eigenvalue weighted by molar-refractivity contribution is 1.18. The summed E-state index contributed by atoms with van der Waals surface area (Å²) in [6.45, 7) is 3.00. The number of hydrogen-bond acceptors (Lipinski definition) is 3. The highest BCUT2D eigenvalue weighted by atomic mass is 32.1. The van der Waals surface area contributed by atoms with Gasteiger partial charge in [0, 0.05) is 11.9 Å². The zero-order chi connectivity index (χ0) is 5.82. The van der Waals surface area contributed by atoms with Crippen LogP contribution >= 0.6 is 11.3 Å². The minimum atomic E-state index is 0.948. The molecule has 1 heterocycles. The van der Waals surface area contributed by atoms with E-state index in [1.165, 1.54) is 0 Å². The van der Waals surface area contributed by atoms with Crippen molar-refractivity contribution >= 4 is 17.2 Å². The number of hydrogen-bond donors (Lipinski definition) is 1. The minimum absolute atomic E-state index is 0.948. The van der Waals surface area contributed by atoms with Crippen molar-refractivity contribution in [2.75, 3.05) is 11.9 Å². The van der Waals surface area contributed by atoms with Gasteiger partial charge in [-0.25, -0.2) is 4.98 Å². The quantitative estimate of drug-likeness (QED) is 0.654. The van der Waals surface area contributed by atoms with E-state index in [4.69, 9.17) is 0 Å². The maximum absolute atomic E-state index is 4.01. The van der Waals surface area contributed by atoms with Gasteiger partial charge in [-0.2, -0.15) is 0 Å². The van der Waals surface area contributed by atoms with Gasteiger partial charge in [-0.3, -0.25) is 0 Å². The number of nitrogens with zero attached hydrogens (tertiary/aromatic N) is 1. The Morgan fingerprint density at radius 1 is 1.88 bits per heavy atom. The van der Waals surface area contributed by atoms with Crippen molar-refractivity contribution in [2.45, 2.75) is 6.92 Å². The molecule has 0 atom stereocenters. The molecule has 8 heavy (non-hydrogen) atoms. The monoisotopic (exact) mass is 128 g/mol. The second-order valence-corrected chi connectivity index (χ2v) is 2.12. The molecule has 1 rings (SSSR count). The highest BCUT2D eigenvalue weighted by Crippen LogP contribution is 2.04. The maximum Gasteiger partial charge on any atom is 0.136 e. The summed E-state index contributed by atoms with van der Waals surface area (Å²) in [6, 6.07) is 0. The van der Waals surface area contributed by atoms with Crippen molar-refractivity contribution in [3.8, 4) is 0 Å². The molecule has 0 radical (unpaired) electrons. The largest absolute Gasteiger partial charge is 0.370 e. The van der Waals surface area contributed by atoms with E-state index < -0.39 is 0 Å². The van der Waals surface area contributed by atoms with Crippen LogP contribution in [0.1, 0.15) is 6.92 Å². The Hall–Kier alpha value is -0.570. The summed E-state index contributed by atoms with van der Waals surface area (Å²) in [6.07, 6.45) is 0. The number of nitrogens with one attached hydrogen (secondary N) is 1. The third-order valence-electron chi connectivity index (χ3n) is 0.790. The van der Waals surface area contributed by atoms with E-state index in [1.807, 2.05) is 10.9 Å². The van der Waals surface area contributed by atoms with Gasteiger partial charge >= 0.3 is 0 Å². The molecule has 1 aromatic rings.